The van der Waals surface area contributed by atoms with E-state index in [1.807, 2.05) is 0 Å². The van der Waals surface area contributed by atoms with Crippen LogP contribution in [0.1, 0.15) is 31.4 Å². The molecule has 0 aliphatic heterocycles. The van der Waals surface area contributed by atoms with E-state index in [0.717, 1.165) is 5.56 Å². The number of hydrogen-bond acceptors (Lipinski definition) is 3. The Morgan fingerprint density at radius 1 is 0.971 bits per heavy atom. The highest BCUT2D eigenvalue weighted by molar-refractivity contribution is 6.42. The molecule has 0 heterocycles. The second kappa shape index (κ2) is 12.4. The second-order valence-corrected chi connectivity index (χ2v) is 9.14. The van der Waals surface area contributed by atoms with Crippen LogP contribution in [-0.4, -0.2) is 41.3 Å². The van der Waals surface area contributed by atoms with Gasteiger partial charge >= 0.3 is 6.18 Å². The molecule has 0 saturated heterocycles. The van der Waals surface area contributed by atoms with Crippen LogP contribution < -0.4 is 10.6 Å². The predicted molar refractivity (Wildman–Crippen MR) is 126 cm³/mol. The van der Waals surface area contributed by atoms with E-state index in [-0.39, 0.29) is 12.8 Å². The van der Waals surface area contributed by atoms with Crippen LogP contribution in [0.15, 0.2) is 48.5 Å². The third-order valence-corrected chi connectivity index (χ3v) is 6.00. The number of benzene rings is 2. The molecule has 3 N–H and O–H groups in total. The van der Waals surface area contributed by atoms with Gasteiger partial charge < -0.3 is 15.7 Å². The fraction of sp³-hybridized carbons (Fsp3) is 0.417. The van der Waals surface area contributed by atoms with Crippen LogP contribution in [0.25, 0.3) is 0 Å². The monoisotopic (exact) mass is 518 g/mol. The molecule has 2 amide bonds. The molecule has 2 rings (SSSR count). The van der Waals surface area contributed by atoms with Crippen molar-refractivity contribution in [3.63, 3.8) is 0 Å². The van der Waals surface area contributed by atoms with Gasteiger partial charge in [0.25, 0.3) is 0 Å². The van der Waals surface area contributed by atoms with E-state index in [2.05, 4.69) is 10.6 Å². The number of aliphatic hydroxyl groups excluding tert-OH is 1. The summed E-state index contributed by atoms with van der Waals surface area (Å²) in [4.78, 5) is 25.6. The zero-order valence-corrected chi connectivity index (χ0v) is 20.2. The topological polar surface area (TPSA) is 78.4 Å². The minimum absolute atomic E-state index is 0.0231. The lowest BCUT2D eigenvalue weighted by atomic mass is 9.96. The van der Waals surface area contributed by atoms with E-state index in [1.165, 1.54) is 13.8 Å². The zero-order chi connectivity index (χ0) is 25.5. The number of hydrogen-bond donors (Lipinski definition) is 3. The van der Waals surface area contributed by atoms with Gasteiger partial charge in [-0.25, -0.2) is 0 Å². The number of carbonyl (C=O) groups is 2. The van der Waals surface area contributed by atoms with Crippen LogP contribution in [0.3, 0.4) is 0 Å². The molecule has 3 atom stereocenters. The van der Waals surface area contributed by atoms with Crippen molar-refractivity contribution < 1.29 is 27.9 Å². The Labute approximate surface area is 206 Å². The smallest absolute Gasteiger partial charge is 0.382 e. The largest absolute Gasteiger partial charge is 0.416 e. The van der Waals surface area contributed by atoms with Crippen LogP contribution in [0.4, 0.5) is 13.2 Å². The van der Waals surface area contributed by atoms with Crippen LogP contribution in [0, 0.1) is 5.92 Å². The zero-order valence-electron chi connectivity index (χ0n) is 18.7. The molecule has 0 aliphatic rings. The quantitative estimate of drug-likeness (QED) is 0.425. The standard InChI is InChI=1S/C24H27Cl2F3N2O3/c1-14(2)21(22(33)24(27,28)29)31-23(34)19(13-15-6-4-3-5-7-15)30-20(32)11-9-16-8-10-17(25)18(26)12-16/h3-8,10,12,14,19,21-22,33H,9,11,13H2,1-2H3,(H,30,32)(H,31,34)/t19-,21-,22-/m0/s1. The van der Waals surface area contributed by atoms with E-state index in [0.29, 0.717) is 22.0 Å². The first-order chi connectivity index (χ1) is 15.9. The number of amides is 2. The highest BCUT2D eigenvalue weighted by Crippen LogP contribution is 2.26. The molecule has 10 heteroatoms. The van der Waals surface area contributed by atoms with Crippen molar-refractivity contribution in [2.24, 2.45) is 5.92 Å². The molecule has 0 bridgehead atoms. The summed E-state index contributed by atoms with van der Waals surface area (Å²) in [5.41, 5.74) is 1.48. The lowest BCUT2D eigenvalue weighted by molar-refractivity contribution is -0.215. The van der Waals surface area contributed by atoms with E-state index in [1.54, 1.807) is 48.5 Å². The van der Waals surface area contributed by atoms with Gasteiger partial charge in [0.2, 0.25) is 11.8 Å². The maximum Gasteiger partial charge on any atom is 0.416 e. The highest BCUT2D eigenvalue weighted by Gasteiger charge is 2.45. The molecule has 5 nitrogen and oxygen atoms in total. The van der Waals surface area contributed by atoms with Gasteiger partial charge in [0.05, 0.1) is 16.1 Å². The predicted octanol–water partition coefficient (Wildman–Crippen LogP) is 4.72. The average Bonchev–Trinajstić information content (AvgIpc) is 2.77. The summed E-state index contributed by atoms with van der Waals surface area (Å²) in [6.45, 7) is 2.92. The third-order valence-electron chi connectivity index (χ3n) is 5.26. The molecule has 0 spiro atoms. The average molecular weight is 519 g/mol. The van der Waals surface area contributed by atoms with Crippen molar-refractivity contribution in [2.45, 2.75) is 57.5 Å². The van der Waals surface area contributed by atoms with Crippen molar-refractivity contribution in [1.29, 1.82) is 0 Å². The Balaban J connectivity index is 2.13. The highest BCUT2D eigenvalue weighted by atomic mass is 35.5. The Morgan fingerprint density at radius 3 is 2.18 bits per heavy atom. The van der Waals surface area contributed by atoms with Gasteiger partial charge in [-0.2, -0.15) is 13.2 Å². The third kappa shape index (κ3) is 8.49. The molecule has 0 radical (unpaired) electrons. The van der Waals surface area contributed by atoms with Crippen LogP contribution in [-0.2, 0) is 22.4 Å². The molecule has 0 saturated carbocycles. The van der Waals surface area contributed by atoms with Gasteiger partial charge in [-0.1, -0.05) is 73.4 Å². The van der Waals surface area contributed by atoms with E-state index < -0.39 is 42.1 Å². The summed E-state index contributed by atoms with van der Waals surface area (Å²) in [5, 5.41) is 15.3. The summed E-state index contributed by atoms with van der Waals surface area (Å²) in [6, 6.07) is 11.0. The summed E-state index contributed by atoms with van der Waals surface area (Å²) in [6.07, 6.45) is -7.23. The fourth-order valence-electron chi connectivity index (χ4n) is 3.36. The number of nitrogens with one attached hydrogen (secondary N) is 2. The van der Waals surface area contributed by atoms with Crippen molar-refractivity contribution in [3.05, 3.63) is 69.7 Å². The Hall–Kier alpha value is -2.29. The van der Waals surface area contributed by atoms with Gasteiger partial charge in [-0.05, 0) is 35.6 Å². The van der Waals surface area contributed by atoms with Crippen molar-refractivity contribution >= 4 is 35.0 Å². The molecule has 0 fully saturated rings. The second-order valence-electron chi connectivity index (χ2n) is 8.32. The van der Waals surface area contributed by atoms with E-state index in [9.17, 15) is 27.9 Å². The number of carbonyl (C=O) groups excluding carboxylic acids is 2. The number of aryl methyl sites for hydroxylation is 1. The van der Waals surface area contributed by atoms with Gasteiger partial charge in [0, 0.05) is 12.8 Å². The molecular weight excluding hydrogens is 492 g/mol. The lowest BCUT2D eigenvalue weighted by Gasteiger charge is -2.30. The molecule has 2 aromatic carbocycles. The van der Waals surface area contributed by atoms with Crippen LogP contribution in [0.2, 0.25) is 10.0 Å². The molecular formula is C24H27Cl2F3N2O3. The van der Waals surface area contributed by atoms with Crippen molar-refractivity contribution in [1.82, 2.24) is 10.6 Å². The summed E-state index contributed by atoms with van der Waals surface area (Å²) < 4.78 is 39.3. The van der Waals surface area contributed by atoms with Crippen molar-refractivity contribution in [2.75, 3.05) is 0 Å². The number of halogens is 5. The lowest BCUT2D eigenvalue weighted by Crippen LogP contribution is -2.57. The van der Waals surface area contributed by atoms with E-state index >= 15 is 0 Å². The first-order valence-electron chi connectivity index (χ1n) is 10.7. The van der Waals surface area contributed by atoms with Crippen molar-refractivity contribution in [3.8, 4) is 0 Å². The van der Waals surface area contributed by atoms with Gasteiger partial charge in [-0.3, -0.25) is 9.59 Å². The first-order valence-corrected chi connectivity index (χ1v) is 11.5. The molecule has 0 aromatic heterocycles. The Morgan fingerprint density at radius 2 is 1.62 bits per heavy atom. The van der Waals surface area contributed by atoms with Gasteiger partial charge in [0.15, 0.2) is 6.10 Å². The number of aliphatic hydroxyl groups is 1. The molecule has 186 valence electrons. The van der Waals surface area contributed by atoms with E-state index in [4.69, 9.17) is 23.2 Å². The minimum atomic E-state index is -4.90. The SMILES string of the molecule is CC(C)[C@H](NC(=O)[C@H](Cc1ccccc1)NC(=O)CCc1ccc(Cl)c(Cl)c1)[C@H](O)C(F)(F)F. The molecule has 0 unspecified atom stereocenters. The molecule has 2 aromatic rings. The summed E-state index contributed by atoms with van der Waals surface area (Å²) in [5.74, 6) is -1.98. The van der Waals surface area contributed by atoms with Gasteiger partial charge in [-0.15, -0.1) is 0 Å². The number of alkyl halides is 3. The minimum Gasteiger partial charge on any atom is -0.382 e. The normalized spacial score (nSPS) is 14.4. The fourth-order valence-corrected chi connectivity index (χ4v) is 3.68. The van der Waals surface area contributed by atoms with Gasteiger partial charge in [0.1, 0.15) is 6.04 Å². The summed E-state index contributed by atoms with van der Waals surface area (Å²) >= 11 is 11.9. The maximum atomic E-state index is 13.1. The summed E-state index contributed by atoms with van der Waals surface area (Å²) in [7, 11) is 0. The van der Waals surface area contributed by atoms with Crippen LogP contribution >= 0.6 is 23.2 Å². The maximum absolute atomic E-state index is 13.1. The number of rotatable bonds is 10. The Bertz CT molecular complexity index is 972. The molecule has 0 aliphatic carbocycles. The van der Waals surface area contributed by atoms with Crippen LogP contribution in [0.5, 0.6) is 0 Å². The Kier molecular flexibility index (Phi) is 10.2. The first kappa shape index (κ1) is 28.0. The molecule has 34 heavy (non-hydrogen) atoms.